The van der Waals surface area contributed by atoms with Crippen molar-refractivity contribution >= 4 is 24.1 Å². The molecular weight excluding hydrogens is 410 g/mol. The van der Waals surface area contributed by atoms with Gasteiger partial charge in [0.25, 0.3) is 5.88 Å². The maximum Gasteiger partial charge on any atom is 0.268 e. The number of para-hydroxylation sites is 1. The normalized spacial score (nSPS) is 11.5. The van der Waals surface area contributed by atoms with Crippen LogP contribution in [0.4, 0.5) is 5.95 Å². The fourth-order valence-corrected chi connectivity index (χ4v) is 3.39. The van der Waals surface area contributed by atoms with Gasteiger partial charge in [-0.05, 0) is 43.0 Å². The summed E-state index contributed by atoms with van der Waals surface area (Å²) in [5.41, 5.74) is 9.25. The molecule has 3 N–H and O–H groups in total. The van der Waals surface area contributed by atoms with E-state index in [4.69, 9.17) is 20.2 Å². The molecule has 0 atom stereocenters. The van der Waals surface area contributed by atoms with Gasteiger partial charge in [-0.25, -0.2) is 4.98 Å². The van der Waals surface area contributed by atoms with Crippen LogP contribution in [-0.2, 0) is 0 Å². The standard InChI is InChI=1S/C23H25N5O2S/c1-15-9-5-7-11-18(15)20-21(29-4)22(30-19-12-8-6-10-16(19)2)27-23(26-20)28-31-17(13-24)14-25-3/h5-14H,24H2,1-4H3,(H,26,27,28). The quantitative estimate of drug-likeness (QED) is 0.374. The number of aryl methyl sites for hydroxylation is 2. The lowest BCUT2D eigenvalue weighted by Gasteiger charge is -2.16. The minimum absolute atomic E-state index is 0.315. The maximum atomic E-state index is 6.16. The van der Waals surface area contributed by atoms with E-state index in [1.54, 1.807) is 20.4 Å². The molecular formula is C23H25N5O2S. The molecule has 0 fully saturated rings. The number of rotatable bonds is 8. The van der Waals surface area contributed by atoms with E-state index in [1.165, 1.54) is 18.1 Å². The molecule has 2 aromatic carbocycles. The van der Waals surface area contributed by atoms with Crippen LogP contribution in [-0.4, -0.2) is 30.3 Å². The number of allylic oxidation sites excluding steroid dienone is 1. The Morgan fingerprint density at radius 2 is 1.77 bits per heavy atom. The van der Waals surface area contributed by atoms with Gasteiger partial charge in [0, 0.05) is 25.0 Å². The van der Waals surface area contributed by atoms with Crippen molar-refractivity contribution in [3.8, 4) is 28.6 Å². The third kappa shape index (κ3) is 5.35. The van der Waals surface area contributed by atoms with Crippen molar-refractivity contribution < 1.29 is 9.47 Å². The Balaban J connectivity index is 2.10. The van der Waals surface area contributed by atoms with Crippen LogP contribution in [0.5, 0.6) is 17.4 Å². The Morgan fingerprint density at radius 3 is 2.42 bits per heavy atom. The number of benzene rings is 2. The highest BCUT2D eigenvalue weighted by atomic mass is 32.2. The smallest absolute Gasteiger partial charge is 0.268 e. The molecule has 1 heterocycles. The van der Waals surface area contributed by atoms with E-state index in [1.807, 2.05) is 62.4 Å². The zero-order valence-corrected chi connectivity index (χ0v) is 18.7. The molecule has 0 saturated heterocycles. The number of ether oxygens (including phenoxy) is 2. The molecule has 0 aliphatic carbocycles. The van der Waals surface area contributed by atoms with Gasteiger partial charge in [-0.2, -0.15) is 4.98 Å². The first-order valence-electron chi connectivity index (χ1n) is 9.59. The maximum absolute atomic E-state index is 6.16. The number of hydrogen-bond donors (Lipinski definition) is 2. The molecule has 3 aromatic rings. The van der Waals surface area contributed by atoms with E-state index < -0.39 is 0 Å². The summed E-state index contributed by atoms with van der Waals surface area (Å²) in [4.78, 5) is 14.0. The summed E-state index contributed by atoms with van der Waals surface area (Å²) in [6.07, 6.45) is 3.11. The Labute approximate surface area is 186 Å². The van der Waals surface area contributed by atoms with Gasteiger partial charge in [-0.1, -0.05) is 42.5 Å². The van der Waals surface area contributed by atoms with Crippen LogP contribution >= 0.6 is 11.9 Å². The zero-order chi connectivity index (χ0) is 22.2. The van der Waals surface area contributed by atoms with Crippen molar-refractivity contribution in [3.05, 3.63) is 70.8 Å². The topological polar surface area (TPSA) is 94.7 Å². The molecule has 160 valence electrons. The third-order valence-corrected chi connectivity index (χ3v) is 5.18. The Morgan fingerprint density at radius 1 is 1.06 bits per heavy atom. The molecule has 0 aliphatic heterocycles. The molecule has 3 rings (SSSR count). The highest BCUT2D eigenvalue weighted by Gasteiger charge is 2.20. The number of nitrogens with zero attached hydrogens (tertiary/aromatic N) is 3. The molecule has 0 radical (unpaired) electrons. The number of aromatic nitrogens is 2. The Kier molecular flexibility index (Phi) is 7.50. The number of nitrogens with two attached hydrogens (primary N) is 1. The molecule has 0 amide bonds. The summed E-state index contributed by atoms with van der Waals surface area (Å²) in [6.45, 7) is 4.00. The lowest BCUT2D eigenvalue weighted by atomic mass is 10.1. The number of anilines is 1. The van der Waals surface area contributed by atoms with Crippen LogP contribution in [0.1, 0.15) is 11.1 Å². The predicted molar refractivity (Wildman–Crippen MR) is 128 cm³/mol. The van der Waals surface area contributed by atoms with Gasteiger partial charge in [-0.3, -0.25) is 9.71 Å². The monoisotopic (exact) mass is 435 g/mol. The molecule has 8 heteroatoms. The Bertz CT molecular complexity index is 1110. The zero-order valence-electron chi connectivity index (χ0n) is 17.9. The van der Waals surface area contributed by atoms with Crippen LogP contribution in [0.2, 0.25) is 0 Å². The summed E-state index contributed by atoms with van der Waals surface area (Å²) in [7, 11) is 3.26. The van der Waals surface area contributed by atoms with Crippen LogP contribution in [0.25, 0.3) is 11.3 Å². The number of hydrogen-bond acceptors (Lipinski definition) is 8. The van der Waals surface area contributed by atoms with Crippen LogP contribution in [0.15, 0.2) is 64.6 Å². The van der Waals surface area contributed by atoms with Crippen molar-refractivity contribution in [1.29, 1.82) is 0 Å². The first-order chi connectivity index (χ1) is 15.1. The lowest BCUT2D eigenvalue weighted by Crippen LogP contribution is -2.04. The van der Waals surface area contributed by atoms with Gasteiger partial charge in [0.2, 0.25) is 11.7 Å². The summed E-state index contributed by atoms with van der Waals surface area (Å²) >= 11 is 1.25. The summed E-state index contributed by atoms with van der Waals surface area (Å²) in [6, 6.07) is 15.7. The number of nitrogens with one attached hydrogen (secondary N) is 1. The molecule has 0 unspecified atom stereocenters. The first-order valence-corrected chi connectivity index (χ1v) is 10.4. The second-order valence-corrected chi connectivity index (χ2v) is 7.46. The second kappa shape index (κ2) is 10.5. The van der Waals surface area contributed by atoms with Crippen molar-refractivity contribution in [1.82, 2.24) is 9.97 Å². The average molecular weight is 436 g/mol. The highest BCUT2D eigenvalue weighted by Crippen LogP contribution is 2.40. The van der Waals surface area contributed by atoms with Gasteiger partial charge < -0.3 is 15.2 Å². The largest absolute Gasteiger partial charge is 0.490 e. The first kappa shape index (κ1) is 22.2. The molecule has 0 aliphatic rings. The molecule has 7 nitrogen and oxygen atoms in total. The molecule has 0 spiro atoms. The van der Waals surface area contributed by atoms with E-state index in [2.05, 4.69) is 14.7 Å². The van der Waals surface area contributed by atoms with Crippen LogP contribution < -0.4 is 19.9 Å². The van der Waals surface area contributed by atoms with E-state index in [0.717, 1.165) is 21.6 Å². The van der Waals surface area contributed by atoms with Gasteiger partial charge in [-0.15, -0.1) is 0 Å². The van der Waals surface area contributed by atoms with Crippen LogP contribution in [0.3, 0.4) is 0 Å². The van der Waals surface area contributed by atoms with Crippen molar-refractivity contribution in [2.24, 2.45) is 10.7 Å². The fourth-order valence-electron chi connectivity index (χ4n) is 2.86. The minimum Gasteiger partial charge on any atom is -0.490 e. The highest BCUT2D eigenvalue weighted by molar-refractivity contribution is 8.05. The summed E-state index contributed by atoms with van der Waals surface area (Å²) < 4.78 is 15.0. The number of aliphatic imine (C=N–C) groups is 1. The second-order valence-electron chi connectivity index (χ2n) is 6.58. The van der Waals surface area contributed by atoms with Gasteiger partial charge >= 0.3 is 0 Å². The molecule has 31 heavy (non-hydrogen) atoms. The molecule has 0 bridgehead atoms. The van der Waals surface area contributed by atoms with Gasteiger partial charge in [0.15, 0.2) is 0 Å². The SMILES string of the molecule is CN=CC(=CN)SNc1nc(Oc2ccccc2C)c(OC)c(-c2ccccc2C)n1. The van der Waals surface area contributed by atoms with Crippen molar-refractivity contribution in [2.75, 3.05) is 18.9 Å². The van der Waals surface area contributed by atoms with Crippen molar-refractivity contribution in [2.45, 2.75) is 13.8 Å². The van der Waals surface area contributed by atoms with Crippen molar-refractivity contribution in [3.63, 3.8) is 0 Å². The fraction of sp³-hybridized carbons (Fsp3) is 0.174. The van der Waals surface area contributed by atoms with Gasteiger partial charge in [0.05, 0.1) is 12.0 Å². The van der Waals surface area contributed by atoms with E-state index in [9.17, 15) is 0 Å². The lowest BCUT2D eigenvalue weighted by molar-refractivity contribution is 0.368. The molecule has 0 saturated carbocycles. The third-order valence-electron chi connectivity index (χ3n) is 4.42. The number of methoxy groups -OCH3 is 1. The van der Waals surface area contributed by atoms with Crippen LogP contribution in [0, 0.1) is 13.8 Å². The summed E-state index contributed by atoms with van der Waals surface area (Å²) in [5.74, 6) is 1.82. The van der Waals surface area contributed by atoms with E-state index in [0.29, 0.717) is 29.0 Å². The predicted octanol–water partition coefficient (Wildman–Crippen LogP) is 5.12. The Hall–Kier alpha value is -3.52. The minimum atomic E-state index is 0.315. The van der Waals surface area contributed by atoms with Gasteiger partial charge in [0.1, 0.15) is 11.4 Å². The summed E-state index contributed by atoms with van der Waals surface area (Å²) in [5, 5.41) is 0. The van der Waals surface area contributed by atoms with E-state index >= 15 is 0 Å². The van der Waals surface area contributed by atoms with E-state index in [-0.39, 0.29) is 0 Å². The average Bonchev–Trinajstić information content (AvgIpc) is 2.78. The molecule has 1 aromatic heterocycles.